The van der Waals surface area contributed by atoms with Gasteiger partial charge in [-0.15, -0.1) is 0 Å². The summed E-state index contributed by atoms with van der Waals surface area (Å²) in [6.45, 7) is 3.30. The lowest BCUT2D eigenvalue weighted by Crippen LogP contribution is -2.36. The van der Waals surface area contributed by atoms with Crippen LogP contribution in [0.2, 0.25) is 0 Å². The number of hydrogen-bond donors (Lipinski definition) is 1. The third-order valence-corrected chi connectivity index (χ3v) is 3.71. The molecule has 17 heavy (non-hydrogen) atoms. The first-order valence-electron chi connectivity index (χ1n) is 4.88. The highest BCUT2D eigenvalue weighted by atomic mass is 32.1. The zero-order chi connectivity index (χ0) is 13.2. The first-order chi connectivity index (χ1) is 7.80. The van der Waals surface area contributed by atoms with Crippen LogP contribution < -0.4 is 5.73 Å². The Morgan fingerprint density at radius 1 is 1.59 bits per heavy atom. The van der Waals surface area contributed by atoms with E-state index in [9.17, 15) is 14.9 Å². The van der Waals surface area contributed by atoms with Gasteiger partial charge in [0.2, 0.25) is 0 Å². The maximum absolute atomic E-state index is 11.6. The maximum Gasteiger partial charge on any atom is 0.324 e. The highest BCUT2D eigenvalue weighted by Crippen LogP contribution is 2.37. The summed E-state index contributed by atoms with van der Waals surface area (Å²) in [4.78, 5) is 22.2. The summed E-state index contributed by atoms with van der Waals surface area (Å²) in [7, 11) is 1.29. The van der Waals surface area contributed by atoms with E-state index in [0.29, 0.717) is 4.88 Å². The molecule has 0 saturated heterocycles. The number of methoxy groups -OCH3 is 1. The second kappa shape index (κ2) is 4.80. The predicted molar refractivity (Wildman–Crippen MR) is 63.7 cm³/mol. The summed E-state index contributed by atoms with van der Waals surface area (Å²) in [6.07, 6.45) is 0. The summed E-state index contributed by atoms with van der Waals surface area (Å²) < 4.78 is 4.66. The van der Waals surface area contributed by atoms with E-state index in [0.717, 1.165) is 11.3 Å². The average molecular weight is 258 g/mol. The Kier molecular flexibility index (Phi) is 3.84. The summed E-state index contributed by atoms with van der Waals surface area (Å²) in [5.41, 5.74) is 5.03. The summed E-state index contributed by atoms with van der Waals surface area (Å²) in [6, 6.07) is 2.32. The van der Waals surface area contributed by atoms with Crippen LogP contribution in [0.15, 0.2) is 12.1 Å². The number of rotatable bonds is 4. The molecule has 7 heteroatoms. The molecule has 1 rings (SSSR count). The van der Waals surface area contributed by atoms with Crippen molar-refractivity contribution < 1.29 is 14.5 Å². The Morgan fingerprint density at radius 3 is 2.59 bits per heavy atom. The summed E-state index contributed by atoms with van der Waals surface area (Å²) in [5.74, 6) is -0.443. The number of nitrogens with zero attached hydrogens (tertiary/aromatic N) is 1. The quantitative estimate of drug-likeness (QED) is 0.505. The molecular weight excluding hydrogens is 244 g/mol. The molecule has 1 aromatic rings. The van der Waals surface area contributed by atoms with Gasteiger partial charge in [-0.3, -0.25) is 14.9 Å². The van der Waals surface area contributed by atoms with Gasteiger partial charge in [0.1, 0.15) is 0 Å². The highest BCUT2D eigenvalue weighted by molar-refractivity contribution is 7.15. The van der Waals surface area contributed by atoms with Crippen LogP contribution in [-0.2, 0) is 9.53 Å². The van der Waals surface area contributed by atoms with Gasteiger partial charge in [-0.25, -0.2) is 0 Å². The zero-order valence-corrected chi connectivity index (χ0v) is 10.6. The molecule has 0 fully saturated rings. The molecule has 1 atom stereocenters. The molecule has 0 aliphatic rings. The van der Waals surface area contributed by atoms with Crippen molar-refractivity contribution in [3.05, 3.63) is 27.1 Å². The predicted octanol–water partition coefficient (Wildman–Crippen LogP) is 1.86. The number of esters is 1. The van der Waals surface area contributed by atoms with Gasteiger partial charge in [-0.2, -0.15) is 0 Å². The Morgan fingerprint density at radius 2 is 2.18 bits per heavy atom. The molecule has 0 aliphatic heterocycles. The molecular formula is C10H14N2O4S. The van der Waals surface area contributed by atoms with Crippen molar-refractivity contribution in [1.29, 1.82) is 0 Å². The van der Waals surface area contributed by atoms with Crippen molar-refractivity contribution in [2.75, 3.05) is 7.11 Å². The third-order valence-electron chi connectivity index (χ3n) is 2.59. The van der Waals surface area contributed by atoms with Crippen LogP contribution in [0.4, 0.5) is 5.00 Å². The Hall–Kier alpha value is -1.47. The number of thiophene rings is 1. The van der Waals surface area contributed by atoms with E-state index < -0.39 is 22.3 Å². The number of nitro groups is 1. The minimum absolute atomic E-state index is 0.0103. The molecule has 0 unspecified atom stereocenters. The van der Waals surface area contributed by atoms with Crippen molar-refractivity contribution >= 4 is 22.3 Å². The normalized spacial score (nSPS) is 13.2. The van der Waals surface area contributed by atoms with Gasteiger partial charge < -0.3 is 10.5 Å². The SMILES string of the molecule is COC(=O)C(C)(C)[C@H](N)c1ccc([N+](=O)[O-])s1. The molecule has 0 aliphatic carbocycles. The van der Waals surface area contributed by atoms with Crippen LogP contribution in [0.5, 0.6) is 0 Å². The molecule has 2 N–H and O–H groups in total. The van der Waals surface area contributed by atoms with Gasteiger partial charge in [0.15, 0.2) is 0 Å². The first-order valence-corrected chi connectivity index (χ1v) is 5.70. The van der Waals surface area contributed by atoms with Crippen molar-refractivity contribution in [2.24, 2.45) is 11.1 Å². The smallest absolute Gasteiger partial charge is 0.324 e. The minimum atomic E-state index is -0.923. The fourth-order valence-corrected chi connectivity index (χ4v) is 2.36. The lowest BCUT2D eigenvalue weighted by atomic mass is 9.84. The molecule has 1 heterocycles. The van der Waals surface area contributed by atoms with Gasteiger partial charge >= 0.3 is 11.0 Å². The summed E-state index contributed by atoms with van der Waals surface area (Å²) >= 11 is 0.972. The molecule has 0 radical (unpaired) electrons. The van der Waals surface area contributed by atoms with Crippen molar-refractivity contribution in [3.63, 3.8) is 0 Å². The fourth-order valence-electron chi connectivity index (χ4n) is 1.35. The maximum atomic E-state index is 11.6. The van der Waals surface area contributed by atoms with E-state index in [4.69, 9.17) is 5.73 Å². The fraction of sp³-hybridized carbons (Fsp3) is 0.500. The van der Waals surface area contributed by atoms with Crippen LogP contribution >= 0.6 is 11.3 Å². The third kappa shape index (κ3) is 2.62. The van der Waals surface area contributed by atoms with Crippen LogP contribution in [0.25, 0.3) is 0 Å². The number of carbonyl (C=O) groups excluding carboxylic acids is 1. The highest BCUT2D eigenvalue weighted by Gasteiger charge is 2.37. The van der Waals surface area contributed by atoms with Crippen LogP contribution in [0.1, 0.15) is 24.8 Å². The van der Waals surface area contributed by atoms with Crippen molar-refractivity contribution in [2.45, 2.75) is 19.9 Å². The van der Waals surface area contributed by atoms with Gasteiger partial charge in [0.05, 0.1) is 23.5 Å². The van der Waals surface area contributed by atoms with E-state index in [-0.39, 0.29) is 5.00 Å². The number of carbonyl (C=O) groups is 1. The standard InChI is InChI=1S/C10H14N2O4S/c1-10(2,9(13)16-3)8(11)6-4-5-7(17-6)12(14)15/h4-5,8H,11H2,1-3H3/t8-/m1/s1. The van der Waals surface area contributed by atoms with Gasteiger partial charge in [0.25, 0.3) is 0 Å². The Labute approximate surface area is 103 Å². The second-order valence-corrected chi connectivity index (χ2v) is 5.22. The van der Waals surface area contributed by atoms with Crippen LogP contribution in [-0.4, -0.2) is 18.0 Å². The Balaban J connectivity index is 2.99. The lowest BCUT2D eigenvalue weighted by Gasteiger charge is -2.27. The molecule has 0 aromatic carbocycles. The molecule has 1 aromatic heterocycles. The molecule has 0 bridgehead atoms. The number of ether oxygens (including phenoxy) is 1. The minimum Gasteiger partial charge on any atom is -0.469 e. The van der Waals surface area contributed by atoms with Crippen LogP contribution in [0.3, 0.4) is 0 Å². The molecule has 6 nitrogen and oxygen atoms in total. The van der Waals surface area contributed by atoms with E-state index in [1.807, 2.05) is 0 Å². The largest absolute Gasteiger partial charge is 0.469 e. The zero-order valence-electron chi connectivity index (χ0n) is 9.80. The molecule has 0 amide bonds. The van der Waals surface area contributed by atoms with E-state index in [1.54, 1.807) is 19.9 Å². The monoisotopic (exact) mass is 258 g/mol. The number of hydrogen-bond acceptors (Lipinski definition) is 6. The van der Waals surface area contributed by atoms with Crippen molar-refractivity contribution in [3.8, 4) is 0 Å². The molecule has 94 valence electrons. The Bertz CT molecular complexity index is 441. The van der Waals surface area contributed by atoms with Crippen molar-refractivity contribution in [1.82, 2.24) is 0 Å². The lowest BCUT2D eigenvalue weighted by molar-refractivity contribution is -0.380. The van der Waals surface area contributed by atoms with E-state index >= 15 is 0 Å². The van der Waals surface area contributed by atoms with Gasteiger partial charge in [0, 0.05) is 10.9 Å². The number of nitrogens with two attached hydrogens (primary N) is 1. The van der Waals surface area contributed by atoms with E-state index in [1.165, 1.54) is 13.2 Å². The van der Waals surface area contributed by atoms with E-state index in [2.05, 4.69) is 4.74 Å². The van der Waals surface area contributed by atoms with Crippen LogP contribution in [0, 0.1) is 15.5 Å². The average Bonchev–Trinajstić information content (AvgIpc) is 2.75. The second-order valence-electron chi connectivity index (χ2n) is 4.12. The van der Waals surface area contributed by atoms with Gasteiger partial charge in [-0.05, 0) is 19.9 Å². The molecule has 0 spiro atoms. The summed E-state index contributed by atoms with van der Waals surface area (Å²) in [5, 5.41) is 10.6. The van der Waals surface area contributed by atoms with Gasteiger partial charge in [-0.1, -0.05) is 11.3 Å². The molecule has 0 saturated carbocycles. The topological polar surface area (TPSA) is 95.5 Å². The first kappa shape index (κ1) is 13.6.